The van der Waals surface area contributed by atoms with Crippen molar-refractivity contribution in [3.63, 3.8) is 0 Å². The normalized spacial score (nSPS) is 21.0. The average molecular weight is 543 g/mol. The summed E-state index contributed by atoms with van der Waals surface area (Å²) in [6, 6.07) is 4.26. The lowest BCUT2D eigenvalue weighted by Crippen LogP contribution is -2.51. The molecule has 1 saturated carbocycles. The summed E-state index contributed by atoms with van der Waals surface area (Å²) in [7, 11) is 3.12. The third-order valence-corrected chi connectivity index (χ3v) is 7.98. The van der Waals surface area contributed by atoms with Gasteiger partial charge in [0.1, 0.15) is 11.5 Å². The maximum absolute atomic E-state index is 13.5. The average Bonchev–Trinajstić information content (AvgIpc) is 3.39. The molecule has 1 aromatic rings. The van der Waals surface area contributed by atoms with E-state index in [1.165, 1.54) is 0 Å². The standard InChI is InChI=1S/C29H42N4O6/c1-5-33-23(19-31-14-9-15-32(17-16-31)27(34)20-10-7-8-11-20)25(28(35)39-6-2)26(30-29(33)36)22-18-21(37-3)12-13-24(22)38-4/h12-13,18,20,26H,5-11,14-17,19H2,1-4H3,(H,30,36)/t26-/m1/s1. The molecule has 0 aromatic heterocycles. The molecule has 0 radical (unpaired) electrons. The van der Waals surface area contributed by atoms with Crippen LogP contribution in [0, 0.1) is 5.92 Å². The number of likely N-dealkylation sites (N-methyl/N-ethyl adjacent to an activating group) is 1. The molecule has 3 aliphatic rings. The van der Waals surface area contributed by atoms with E-state index in [4.69, 9.17) is 14.2 Å². The number of benzene rings is 1. The molecular formula is C29H42N4O6. The molecule has 2 aliphatic heterocycles. The second kappa shape index (κ2) is 13.2. The number of nitrogens with one attached hydrogen (secondary N) is 1. The van der Waals surface area contributed by atoms with Crippen LogP contribution in [0.3, 0.4) is 0 Å². The van der Waals surface area contributed by atoms with Crippen molar-refractivity contribution in [2.45, 2.75) is 52.0 Å². The molecule has 214 valence electrons. The minimum atomic E-state index is -0.771. The topological polar surface area (TPSA) is 101 Å². The zero-order valence-electron chi connectivity index (χ0n) is 23.7. The lowest BCUT2D eigenvalue weighted by molar-refractivity contribution is -0.139. The number of rotatable bonds is 9. The van der Waals surface area contributed by atoms with E-state index in [1.54, 1.807) is 44.2 Å². The maximum Gasteiger partial charge on any atom is 0.338 e. The van der Waals surface area contributed by atoms with Crippen molar-refractivity contribution in [3.8, 4) is 11.5 Å². The van der Waals surface area contributed by atoms with Crippen molar-refractivity contribution in [3.05, 3.63) is 35.0 Å². The molecule has 1 aromatic carbocycles. The highest BCUT2D eigenvalue weighted by atomic mass is 16.5. The van der Waals surface area contributed by atoms with E-state index in [0.717, 1.165) is 45.2 Å². The van der Waals surface area contributed by atoms with Gasteiger partial charge in [-0.3, -0.25) is 14.6 Å². The Bertz CT molecular complexity index is 1080. The Hall–Kier alpha value is -3.27. The molecule has 1 atom stereocenters. The van der Waals surface area contributed by atoms with E-state index in [2.05, 4.69) is 10.2 Å². The number of urea groups is 1. The van der Waals surface area contributed by atoms with Gasteiger partial charge in [-0.25, -0.2) is 9.59 Å². The number of hydrogen-bond acceptors (Lipinski definition) is 7. The first-order chi connectivity index (χ1) is 18.9. The Balaban J connectivity index is 1.67. The minimum absolute atomic E-state index is 0.158. The Kier molecular flexibility index (Phi) is 9.72. The fourth-order valence-electron chi connectivity index (χ4n) is 5.95. The van der Waals surface area contributed by atoms with Gasteiger partial charge in [0.05, 0.1) is 32.4 Å². The summed E-state index contributed by atoms with van der Waals surface area (Å²) in [6.07, 6.45) is 5.09. The first-order valence-electron chi connectivity index (χ1n) is 14.1. The summed E-state index contributed by atoms with van der Waals surface area (Å²) >= 11 is 0. The maximum atomic E-state index is 13.5. The molecule has 39 heavy (non-hydrogen) atoms. The molecule has 4 rings (SSSR count). The molecule has 2 fully saturated rings. The van der Waals surface area contributed by atoms with Gasteiger partial charge in [0.15, 0.2) is 0 Å². The van der Waals surface area contributed by atoms with Gasteiger partial charge in [-0.15, -0.1) is 0 Å². The molecule has 1 saturated heterocycles. The zero-order valence-corrected chi connectivity index (χ0v) is 23.7. The van der Waals surface area contributed by atoms with Crippen LogP contribution >= 0.6 is 0 Å². The Morgan fingerprint density at radius 3 is 2.44 bits per heavy atom. The predicted molar refractivity (Wildman–Crippen MR) is 146 cm³/mol. The molecule has 0 unspecified atom stereocenters. The van der Waals surface area contributed by atoms with E-state index in [-0.39, 0.29) is 24.5 Å². The first-order valence-corrected chi connectivity index (χ1v) is 14.1. The van der Waals surface area contributed by atoms with Crippen LogP contribution in [0.4, 0.5) is 4.79 Å². The van der Waals surface area contributed by atoms with Crippen LogP contribution in [0.1, 0.15) is 57.6 Å². The van der Waals surface area contributed by atoms with E-state index in [1.807, 2.05) is 11.8 Å². The summed E-state index contributed by atoms with van der Waals surface area (Å²) in [5.74, 6) is 1.07. The highest BCUT2D eigenvalue weighted by molar-refractivity contribution is 5.95. The quantitative estimate of drug-likeness (QED) is 0.478. The van der Waals surface area contributed by atoms with Crippen molar-refractivity contribution in [2.24, 2.45) is 5.92 Å². The summed E-state index contributed by atoms with van der Waals surface area (Å²) < 4.78 is 16.6. The summed E-state index contributed by atoms with van der Waals surface area (Å²) in [4.78, 5) is 45.8. The van der Waals surface area contributed by atoms with E-state index >= 15 is 0 Å². The van der Waals surface area contributed by atoms with Crippen molar-refractivity contribution in [2.75, 3.05) is 60.1 Å². The number of ether oxygens (including phenoxy) is 3. The fraction of sp³-hybridized carbons (Fsp3) is 0.621. The Morgan fingerprint density at radius 1 is 1.00 bits per heavy atom. The fourth-order valence-corrected chi connectivity index (χ4v) is 5.95. The van der Waals surface area contributed by atoms with Gasteiger partial charge in [-0.2, -0.15) is 0 Å². The molecule has 1 N–H and O–H groups in total. The minimum Gasteiger partial charge on any atom is -0.497 e. The highest BCUT2D eigenvalue weighted by Crippen LogP contribution is 2.38. The van der Waals surface area contributed by atoms with Crippen LogP contribution in [0.2, 0.25) is 0 Å². The number of esters is 1. The van der Waals surface area contributed by atoms with Crippen molar-refractivity contribution >= 4 is 17.9 Å². The second-order valence-corrected chi connectivity index (χ2v) is 10.3. The van der Waals surface area contributed by atoms with Gasteiger partial charge in [-0.05, 0) is 51.3 Å². The van der Waals surface area contributed by atoms with Gasteiger partial charge in [0, 0.05) is 56.4 Å². The molecule has 1 aliphatic carbocycles. The largest absolute Gasteiger partial charge is 0.497 e. The van der Waals surface area contributed by atoms with E-state index in [0.29, 0.717) is 54.5 Å². The van der Waals surface area contributed by atoms with Crippen molar-refractivity contribution in [1.29, 1.82) is 0 Å². The van der Waals surface area contributed by atoms with Gasteiger partial charge >= 0.3 is 12.0 Å². The molecule has 0 bridgehead atoms. The monoisotopic (exact) mass is 542 g/mol. The molecule has 10 nitrogen and oxygen atoms in total. The van der Waals surface area contributed by atoms with E-state index < -0.39 is 12.0 Å². The third-order valence-electron chi connectivity index (χ3n) is 7.98. The van der Waals surface area contributed by atoms with Gasteiger partial charge in [0.25, 0.3) is 0 Å². The second-order valence-electron chi connectivity index (χ2n) is 10.3. The van der Waals surface area contributed by atoms with E-state index in [9.17, 15) is 14.4 Å². The lowest BCUT2D eigenvalue weighted by Gasteiger charge is -2.38. The molecule has 10 heteroatoms. The Labute approximate surface area is 231 Å². The third kappa shape index (κ3) is 6.32. The Morgan fingerprint density at radius 2 is 1.77 bits per heavy atom. The molecule has 2 heterocycles. The summed E-state index contributed by atoms with van der Waals surface area (Å²) in [5.41, 5.74) is 1.61. The zero-order chi connectivity index (χ0) is 27.9. The highest BCUT2D eigenvalue weighted by Gasteiger charge is 2.40. The van der Waals surface area contributed by atoms with Gasteiger partial charge < -0.3 is 24.4 Å². The smallest absolute Gasteiger partial charge is 0.338 e. The van der Waals surface area contributed by atoms with Crippen LogP contribution in [0.15, 0.2) is 29.5 Å². The molecular weight excluding hydrogens is 500 g/mol. The number of amides is 3. The van der Waals surface area contributed by atoms with Crippen LogP contribution in [0.25, 0.3) is 0 Å². The van der Waals surface area contributed by atoms with Crippen LogP contribution in [-0.4, -0.2) is 92.7 Å². The first kappa shape index (κ1) is 28.7. The van der Waals surface area contributed by atoms with Crippen LogP contribution in [-0.2, 0) is 14.3 Å². The SMILES string of the molecule is CCOC(=O)C1=C(CN2CCCN(C(=O)C3CCCC3)CC2)N(CC)C(=O)N[C@@H]1c1cc(OC)ccc1OC. The molecule has 0 spiro atoms. The summed E-state index contributed by atoms with van der Waals surface area (Å²) in [6.45, 7) is 7.46. The van der Waals surface area contributed by atoms with Gasteiger partial charge in [0.2, 0.25) is 5.91 Å². The number of hydrogen-bond donors (Lipinski definition) is 1. The number of methoxy groups -OCH3 is 2. The number of nitrogens with zero attached hydrogens (tertiary/aromatic N) is 3. The number of carbonyl (C=O) groups is 3. The van der Waals surface area contributed by atoms with Crippen LogP contribution in [0.5, 0.6) is 11.5 Å². The predicted octanol–water partition coefficient (Wildman–Crippen LogP) is 3.33. The van der Waals surface area contributed by atoms with Crippen LogP contribution < -0.4 is 14.8 Å². The lowest BCUT2D eigenvalue weighted by atomic mass is 9.93. The summed E-state index contributed by atoms with van der Waals surface area (Å²) in [5, 5.41) is 3.00. The van der Waals surface area contributed by atoms with Gasteiger partial charge in [-0.1, -0.05) is 12.8 Å². The van der Waals surface area contributed by atoms with Crippen molar-refractivity contribution in [1.82, 2.24) is 20.0 Å². The number of carbonyl (C=O) groups excluding carboxylic acids is 3. The molecule has 3 amide bonds. The van der Waals surface area contributed by atoms with Crippen molar-refractivity contribution < 1.29 is 28.6 Å².